The molecule has 0 radical (unpaired) electrons. The van der Waals surface area contributed by atoms with Crippen molar-refractivity contribution in [3.8, 4) is 0 Å². The van der Waals surface area contributed by atoms with Crippen LogP contribution in [0.3, 0.4) is 0 Å². The zero-order valence-electron chi connectivity index (χ0n) is 8.48. The molecule has 78 valence electrons. The van der Waals surface area contributed by atoms with Gasteiger partial charge in [-0.3, -0.25) is 0 Å². The van der Waals surface area contributed by atoms with Crippen LogP contribution in [-0.4, -0.2) is 26.8 Å². The Kier molecular flexibility index (Phi) is 2.82. The summed E-state index contributed by atoms with van der Waals surface area (Å²) in [6.45, 7) is 1.78. The average molecular weight is 214 g/mol. The third-order valence-electron chi connectivity index (χ3n) is 2.02. The van der Waals surface area contributed by atoms with E-state index in [4.69, 9.17) is 5.73 Å². The Hall–Kier alpha value is -1.07. The molecular weight excluding hydrogens is 200 g/mol. The minimum Gasteiger partial charge on any atom is -0.399 e. The number of benzene rings is 1. The molecule has 0 aliphatic rings. The number of nitrogens with two attached hydrogens (primary N) is 1. The summed E-state index contributed by atoms with van der Waals surface area (Å²) in [6, 6.07) is 4.69. The first-order valence-electron chi connectivity index (χ1n) is 4.14. The molecule has 0 spiro atoms. The van der Waals surface area contributed by atoms with E-state index in [2.05, 4.69) is 0 Å². The first kappa shape index (κ1) is 11.0. The highest BCUT2D eigenvalue weighted by atomic mass is 32.2. The molecule has 14 heavy (non-hydrogen) atoms. The highest BCUT2D eigenvalue weighted by Gasteiger charge is 2.17. The molecule has 4 nitrogen and oxygen atoms in total. The molecule has 0 heterocycles. The lowest BCUT2D eigenvalue weighted by Gasteiger charge is -2.12. The van der Waals surface area contributed by atoms with E-state index in [0.29, 0.717) is 5.69 Å². The summed E-state index contributed by atoms with van der Waals surface area (Å²) in [6.07, 6.45) is 0. The number of hydrogen-bond donors (Lipinski definition) is 1. The molecule has 0 atom stereocenters. The van der Waals surface area contributed by atoms with E-state index < -0.39 is 10.0 Å². The minimum absolute atomic E-state index is 0.272. The van der Waals surface area contributed by atoms with Gasteiger partial charge in [0.15, 0.2) is 0 Å². The maximum Gasteiger partial charge on any atom is 0.242 e. The van der Waals surface area contributed by atoms with E-state index in [1.807, 2.05) is 0 Å². The number of rotatable bonds is 2. The minimum atomic E-state index is -3.34. The van der Waals surface area contributed by atoms with Crippen LogP contribution in [0, 0.1) is 6.92 Å². The number of aryl methyl sites for hydroxylation is 1. The van der Waals surface area contributed by atoms with E-state index in [0.717, 1.165) is 5.56 Å². The SMILES string of the molecule is Cc1cc(S(=O)(=O)N(C)C)ccc1N. The summed E-state index contributed by atoms with van der Waals surface area (Å²) in [5.74, 6) is 0. The van der Waals surface area contributed by atoms with E-state index in [1.165, 1.54) is 24.5 Å². The fourth-order valence-corrected chi connectivity index (χ4v) is 2.01. The van der Waals surface area contributed by atoms with Gasteiger partial charge in [-0.15, -0.1) is 0 Å². The van der Waals surface area contributed by atoms with Crippen molar-refractivity contribution >= 4 is 15.7 Å². The Morgan fingerprint density at radius 1 is 1.29 bits per heavy atom. The standard InChI is InChI=1S/C9H14N2O2S/c1-7-6-8(4-5-9(7)10)14(12,13)11(2)3/h4-6H,10H2,1-3H3. The molecule has 1 aromatic carbocycles. The van der Waals surface area contributed by atoms with Crippen molar-refractivity contribution in [2.24, 2.45) is 0 Å². The van der Waals surface area contributed by atoms with Crippen molar-refractivity contribution in [2.45, 2.75) is 11.8 Å². The number of sulfonamides is 1. The van der Waals surface area contributed by atoms with Crippen LogP contribution in [0.25, 0.3) is 0 Å². The van der Waals surface area contributed by atoms with Crippen molar-refractivity contribution in [3.05, 3.63) is 23.8 Å². The molecule has 1 aromatic rings. The second kappa shape index (κ2) is 3.59. The summed E-state index contributed by atoms with van der Waals surface area (Å²) >= 11 is 0. The normalized spacial score (nSPS) is 12.0. The largest absolute Gasteiger partial charge is 0.399 e. The van der Waals surface area contributed by atoms with Crippen molar-refractivity contribution in [2.75, 3.05) is 19.8 Å². The van der Waals surface area contributed by atoms with Crippen LogP contribution >= 0.6 is 0 Å². The smallest absolute Gasteiger partial charge is 0.242 e. The second-order valence-corrected chi connectivity index (χ2v) is 5.46. The van der Waals surface area contributed by atoms with Crippen LogP contribution in [0.1, 0.15) is 5.56 Å². The molecule has 0 bridgehead atoms. The van der Waals surface area contributed by atoms with Gasteiger partial charge in [-0.2, -0.15) is 0 Å². The zero-order valence-corrected chi connectivity index (χ0v) is 9.30. The van der Waals surface area contributed by atoms with Crippen LogP contribution in [0.4, 0.5) is 5.69 Å². The molecule has 0 unspecified atom stereocenters. The van der Waals surface area contributed by atoms with Crippen LogP contribution in [0.2, 0.25) is 0 Å². The molecule has 0 aromatic heterocycles. The van der Waals surface area contributed by atoms with E-state index in [9.17, 15) is 8.42 Å². The molecule has 0 saturated heterocycles. The highest BCUT2D eigenvalue weighted by molar-refractivity contribution is 7.89. The summed E-state index contributed by atoms with van der Waals surface area (Å²) in [5, 5.41) is 0. The number of nitrogens with zero attached hydrogens (tertiary/aromatic N) is 1. The van der Waals surface area contributed by atoms with Gasteiger partial charge >= 0.3 is 0 Å². The lowest BCUT2D eigenvalue weighted by Crippen LogP contribution is -2.22. The Morgan fingerprint density at radius 3 is 2.29 bits per heavy atom. The first-order valence-corrected chi connectivity index (χ1v) is 5.58. The highest BCUT2D eigenvalue weighted by Crippen LogP contribution is 2.18. The molecular formula is C9H14N2O2S. The molecule has 0 saturated carbocycles. The van der Waals surface area contributed by atoms with E-state index in [-0.39, 0.29) is 4.90 Å². The summed E-state index contributed by atoms with van der Waals surface area (Å²) in [7, 11) is -0.336. The van der Waals surface area contributed by atoms with Gasteiger partial charge in [-0.1, -0.05) is 0 Å². The Labute approximate surface area is 84.4 Å². The third-order valence-corrected chi connectivity index (χ3v) is 3.83. The van der Waals surface area contributed by atoms with Gasteiger partial charge in [-0.05, 0) is 30.7 Å². The van der Waals surface area contributed by atoms with Crippen LogP contribution < -0.4 is 5.73 Å². The molecule has 5 heteroatoms. The molecule has 0 amide bonds. The van der Waals surface area contributed by atoms with E-state index in [1.54, 1.807) is 19.1 Å². The van der Waals surface area contributed by atoms with Crippen LogP contribution in [-0.2, 0) is 10.0 Å². The van der Waals surface area contributed by atoms with Crippen molar-refractivity contribution in [3.63, 3.8) is 0 Å². The number of anilines is 1. The summed E-state index contributed by atoms with van der Waals surface area (Å²) < 4.78 is 24.5. The second-order valence-electron chi connectivity index (χ2n) is 3.31. The predicted octanol–water partition coefficient (Wildman–Crippen LogP) is 0.828. The maximum atomic E-state index is 11.7. The topological polar surface area (TPSA) is 63.4 Å². The molecule has 1 rings (SSSR count). The van der Waals surface area contributed by atoms with Crippen LogP contribution in [0.15, 0.2) is 23.1 Å². The predicted molar refractivity (Wildman–Crippen MR) is 56.5 cm³/mol. The monoisotopic (exact) mass is 214 g/mol. The Morgan fingerprint density at radius 2 is 1.86 bits per heavy atom. The van der Waals surface area contributed by atoms with Crippen LogP contribution in [0.5, 0.6) is 0 Å². The average Bonchev–Trinajstić information content (AvgIpc) is 2.09. The van der Waals surface area contributed by atoms with Gasteiger partial charge in [0.2, 0.25) is 10.0 Å². The Balaban J connectivity index is 3.29. The lowest BCUT2D eigenvalue weighted by atomic mass is 10.2. The van der Waals surface area contributed by atoms with Gasteiger partial charge in [0.25, 0.3) is 0 Å². The van der Waals surface area contributed by atoms with Gasteiger partial charge in [0, 0.05) is 19.8 Å². The summed E-state index contributed by atoms with van der Waals surface area (Å²) in [5.41, 5.74) is 6.97. The molecule has 0 aliphatic heterocycles. The van der Waals surface area contributed by atoms with Gasteiger partial charge in [0.1, 0.15) is 0 Å². The van der Waals surface area contributed by atoms with E-state index >= 15 is 0 Å². The van der Waals surface area contributed by atoms with Crippen molar-refractivity contribution in [1.82, 2.24) is 4.31 Å². The zero-order chi connectivity index (χ0) is 10.9. The lowest BCUT2D eigenvalue weighted by molar-refractivity contribution is 0.520. The molecule has 0 aliphatic carbocycles. The fourth-order valence-electron chi connectivity index (χ4n) is 1.02. The quantitative estimate of drug-likeness (QED) is 0.742. The number of hydrogen-bond acceptors (Lipinski definition) is 3. The Bertz CT molecular complexity index is 438. The summed E-state index contributed by atoms with van der Waals surface area (Å²) in [4.78, 5) is 0.272. The first-order chi connectivity index (χ1) is 6.35. The van der Waals surface area contributed by atoms with Gasteiger partial charge in [-0.25, -0.2) is 12.7 Å². The number of nitrogen functional groups attached to an aromatic ring is 1. The third kappa shape index (κ3) is 1.88. The van der Waals surface area contributed by atoms with Gasteiger partial charge < -0.3 is 5.73 Å². The van der Waals surface area contributed by atoms with Crippen molar-refractivity contribution < 1.29 is 8.42 Å². The van der Waals surface area contributed by atoms with Gasteiger partial charge in [0.05, 0.1) is 4.90 Å². The molecule has 2 N–H and O–H groups in total. The fraction of sp³-hybridized carbons (Fsp3) is 0.333. The maximum absolute atomic E-state index is 11.7. The molecule has 0 fully saturated rings. The van der Waals surface area contributed by atoms with Crippen molar-refractivity contribution in [1.29, 1.82) is 0 Å².